The molecule has 0 unspecified atom stereocenters. The Labute approximate surface area is 106 Å². The van der Waals surface area contributed by atoms with Gasteiger partial charge in [0.05, 0.1) is 12.2 Å². The summed E-state index contributed by atoms with van der Waals surface area (Å²) in [7, 11) is 0. The van der Waals surface area contributed by atoms with Gasteiger partial charge in [-0.2, -0.15) is 0 Å². The SMILES string of the molecule is Cc1ccc2nc(CNC3=NCCCN3)cn2c1. The van der Waals surface area contributed by atoms with Crippen molar-refractivity contribution >= 4 is 11.6 Å². The van der Waals surface area contributed by atoms with Gasteiger partial charge in [-0.05, 0) is 25.0 Å². The van der Waals surface area contributed by atoms with E-state index in [1.54, 1.807) is 0 Å². The minimum atomic E-state index is 0.701. The molecule has 1 aliphatic rings. The molecule has 5 heteroatoms. The highest BCUT2D eigenvalue weighted by Gasteiger charge is 2.05. The Hall–Kier alpha value is -2.04. The summed E-state index contributed by atoms with van der Waals surface area (Å²) in [5.74, 6) is 0.884. The molecule has 0 saturated carbocycles. The van der Waals surface area contributed by atoms with Crippen molar-refractivity contribution in [2.75, 3.05) is 13.1 Å². The Morgan fingerprint density at radius 1 is 1.39 bits per heavy atom. The normalized spacial score (nSPS) is 15.3. The third kappa shape index (κ3) is 2.30. The molecule has 94 valence electrons. The van der Waals surface area contributed by atoms with E-state index in [1.165, 1.54) is 5.56 Å². The van der Waals surface area contributed by atoms with Gasteiger partial charge in [0.15, 0.2) is 5.96 Å². The van der Waals surface area contributed by atoms with Crippen LogP contribution in [-0.4, -0.2) is 28.4 Å². The van der Waals surface area contributed by atoms with Gasteiger partial charge in [0, 0.05) is 25.5 Å². The number of pyridine rings is 1. The summed E-state index contributed by atoms with van der Waals surface area (Å²) >= 11 is 0. The van der Waals surface area contributed by atoms with Crippen LogP contribution >= 0.6 is 0 Å². The largest absolute Gasteiger partial charge is 0.356 e. The minimum absolute atomic E-state index is 0.701. The smallest absolute Gasteiger partial charge is 0.191 e. The number of aryl methyl sites for hydroxylation is 1. The van der Waals surface area contributed by atoms with Gasteiger partial charge < -0.3 is 15.0 Å². The highest BCUT2D eigenvalue weighted by atomic mass is 15.2. The fourth-order valence-corrected chi connectivity index (χ4v) is 2.07. The first kappa shape index (κ1) is 11.1. The minimum Gasteiger partial charge on any atom is -0.356 e. The fraction of sp³-hybridized carbons (Fsp3) is 0.385. The number of hydrogen-bond donors (Lipinski definition) is 2. The summed E-state index contributed by atoms with van der Waals surface area (Å²) in [6, 6.07) is 4.11. The van der Waals surface area contributed by atoms with E-state index in [0.717, 1.165) is 36.8 Å². The first-order valence-corrected chi connectivity index (χ1v) is 6.28. The number of nitrogens with zero attached hydrogens (tertiary/aromatic N) is 3. The van der Waals surface area contributed by atoms with Crippen LogP contribution in [0.3, 0.4) is 0 Å². The van der Waals surface area contributed by atoms with Crippen LogP contribution in [0.15, 0.2) is 29.5 Å². The predicted molar refractivity (Wildman–Crippen MR) is 71.7 cm³/mol. The summed E-state index contributed by atoms with van der Waals surface area (Å²) in [4.78, 5) is 8.93. The molecule has 3 heterocycles. The zero-order chi connectivity index (χ0) is 12.4. The van der Waals surface area contributed by atoms with Crippen LogP contribution < -0.4 is 10.6 Å². The van der Waals surface area contributed by atoms with Crippen LogP contribution in [0.4, 0.5) is 0 Å². The summed E-state index contributed by atoms with van der Waals surface area (Å²) < 4.78 is 2.06. The van der Waals surface area contributed by atoms with Gasteiger partial charge in [0.1, 0.15) is 5.65 Å². The first-order chi connectivity index (χ1) is 8.81. The fourth-order valence-electron chi connectivity index (χ4n) is 2.07. The molecule has 1 aliphatic heterocycles. The second-order valence-electron chi connectivity index (χ2n) is 4.57. The first-order valence-electron chi connectivity index (χ1n) is 6.28. The van der Waals surface area contributed by atoms with E-state index in [4.69, 9.17) is 0 Å². The van der Waals surface area contributed by atoms with Crippen molar-refractivity contribution in [3.8, 4) is 0 Å². The number of hydrogen-bond acceptors (Lipinski definition) is 4. The van der Waals surface area contributed by atoms with Crippen molar-refractivity contribution < 1.29 is 0 Å². The van der Waals surface area contributed by atoms with Crippen LogP contribution in [0.2, 0.25) is 0 Å². The predicted octanol–water partition coefficient (Wildman–Crippen LogP) is 1.08. The number of rotatable bonds is 2. The molecule has 5 nitrogen and oxygen atoms in total. The highest BCUT2D eigenvalue weighted by Crippen LogP contribution is 2.07. The summed E-state index contributed by atoms with van der Waals surface area (Å²) in [6.45, 7) is 4.68. The molecule has 18 heavy (non-hydrogen) atoms. The quantitative estimate of drug-likeness (QED) is 0.830. The lowest BCUT2D eigenvalue weighted by Gasteiger charge is -2.15. The lowest BCUT2D eigenvalue weighted by molar-refractivity contribution is 0.699. The van der Waals surface area contributed by atoms with Gasteiger partial charge in [0.2, 0.25) is 0 Å². The van der Waals surface area contributed by atoms with Crippen LogP contribution in [0.5, 0.6) is 0 Å². The van der Waals surface area contributed by atoms with Gasteiger partial charge in [-0.3, -0.25) is 4.99 Å². The van der Waals surface area contributed by atoms with Crippen molar-refractivity contribution in [3.05, 3.63) is 35.8 Å². The molecule has 0 bridgehead atoms. The van der Waals surface area contributed by atoms with Crippen LogP contribution in [-0.2, 0) is 6.54 Å². The van der Waals surface area contributed by atoms with Gasteiger partial charge >= 0.3 is 0 Å². The maximum absolute atomic E-state index is 4.56. The van der Waals surface area contributed by atoms with Crippen molar-refractivity contribution in [3.63, 3.8) is 0 Å². The molecule has 2 N–H and O–H groups in total. The molecule has 0 amide bonds. The molecular weight excluding hydrogens is 226 g/mol. The Morgan fingerprint density at radius 2 is 2.33 bits per heavy atom. The average molecular weight is 243 g/mol. The number of fused-ring (bicyclic) bond motifs is 1. The van der Waals surface area contributed by atoms with E-state index in [-0.39, 0.29) is 0 Å². The molecule has 2 aromatic heterocycles. The number of aliphatic imine (C=N–C) groups is 1. The van der Waals surface area contributed by atoms with Gasteiger partial charge in [0.25, 0.3) is 0 Å². The highest BCUT2D eigenvalue weighted by molar-refractivity contribution is 5.80. The Balaban J connectivity index is 1.72. The second-order valence-corrected chi connectivity index (χ2v) is 4.57. The van der Waals surface area contributed by atoms with E-state index < -0.39 is 0 Å². The zero-order valence-electron chi connectivity index (χ0n) is 10.5. The zero-order valence-corrected chi connectivity index (χ0v) is 10.5. The standard InChI is InChI=1S/C13H17N5/c1-10-3-4-12-17-11(9-18(12)8-10)7-16-13-14-5-2-6-15-13/h3-4,8-9H,2,5-7H2,1H3,(H2,14,15,16). The number of imidazole rings is 1. The summed E-state index contributed by atoms with van der Waals surface area (Å²) in [5.41, 5.74) is 3.24. The maximum atomic E-state index is 4.56. The molecule has 0 radical (unpaired) electrons. The van der Waals surface area contributed by atoms with Crippen LogP contribution in [0.1, 0.15) is 17.7 Å². The third-order valence-corrected chi connectivity index (χ3v) is 2.98. The molecule has 0 aliphatic carbocycles. The van der Waals surface area contributed by atoms with E-state index >= 15 is 0 Å². The Kier molecular flexibility index (Phi) is 2.88. The number of nitrogens with one attached hydrogen (secondary N) is 2. The van der Waals surface area contributed by atoms with Gasteiger partial charge in [-0.15, -0.1) is 0 Å². The number of aromatic nitrogens is 2. The topological polar surface area (TPSA) is 53.7 Å². The van der Waals surface area contributed by atoms with Crippen molar-refractivity contribution in [2.24, 2.45) is 4.99 Å². The van der Waals surface area contributed by atoms with Gasteiger partial charge in [-0.1, -0.05) is 6.07 Å². The third-order valence-electron chi connectivity index (χ3n) is 2.98. The molecule has 0 aromatic carbocycles. The Bertz CT molecular complexity index is 584. The molecule has 3 rings (SSSR count). The van der Waals surface area contributed by atoms with Crippen molar-refractivity contribution in [1.82, 2.24) is 20.0 Å². The van der Waals surface area contributed by atoms with E-state index in [0.29, 0.717) is 6.54 Å². The van der Waals surface area contributed by atoms with Gasteiger partial charge in [-0.25, -0.2) is 4.98 Å². The molecule has 0 fully saturated rings. The Morgan fingerprint density at radius 3 is 3.17 bits per heavy atom. The van der Waals surface area contributed by atoms with E-state index in [2.05, 4.69) is 50.4 Å². The van der Waals surface area contributed by atoms with E-state index in [9.17, 15) is 0 Å². The monoisotopic (exact) mass is 243 g/mol. The maximum Gasteiger partial charge on any atom is 0.191 e. The average Bonchev–Trinajstić information content (AvgIpc) is 2.79. The number of guanidine groups is 1. The van der Waals surface area contributed by atoms with Crippen molar-refractivity contribution in [1.29, 1.82) is 0 Å². The lowest BCUT2D eigenvalue weighted by atomic mass is 10.3. The summed E-state index contributed by atoms with van der Waals surface area (Å²) in [6.07, 6.45) is 5.25. The second kappa shape index (κ2) is 4.68. The van der Waals surface area contributed by atoms with E-state index in [1.807, 2.05) is 6.07 Å². The van der Waals surface area contributed by atoms with Crippen molar-refractivity contribution in [2.45, 2.75) is 19.9 Å². The molecule has 0 atom stereocenters. The molecule has 0 saturated heterocycles. The molecular formula is C13H17N5. The molecule has 2 aromatic rings. The lowest BCUT2D eigenvalue weighted by Crippen LogP contribution is -2.40. The van der Waals surface area contributed by atoms with Crippen LogP contribution in [0.25, 0.3) is 5.65 Å². The summed E-state index contributed by atoms with van der Waals surface area (Å²) in [5, 5.41) is 6.51. The van der Waals surface area contributed by atoms with Crippen LogP contribution in [0, 0.1) is 6.92 Å². The molecule has 0 spiro atoms.